The maximum Gasteiger partial charge on any atom is 0.169 e. The van der Waals surface area contributed by atoms with Gasteiger partial charge in [-0.15, -0.1) is 0 Å². The molecule has 3 heteroatoms. The van der Waals surface area contributed by atoms with E-state index < -0.39 is 0 Å². The molecule has 0 aromatic carbocycles. The van der Waals surface area contributed by atoms with E-state index in [1.54, 1.807) is 6.26 Å². The van der Waals surface area contributed by atoms with Gasteiger partial charge in [0.2, 0.25) is 0 Å². The molecule has 0 saturated carbocycles. The SMILES string of the molecule is CC(C)NCc1ccc(-c2ccco2)o1. The lowest BCUT2D eigenvalue weighted by atomic mass is 10.3. The van der Waals surface area contributed by atoms with Crippen molar-refractivity contribution < 1.29 is 8.83 Å². The van der Waals surface area contributed by atoms with Crippen molar-refractivity contribution in [2.45, 2.75) is 26.4 Å². The highest BCUT2D eigenvalue weighted by molar-refractivity contribution is 5.49. The van der Waals surface area contributed by atoms with Gasteiger partial charge in [0.05, 0.1) is 12.8 Å². The molecule has 0 aliphatic rings. The van der Waals surface area contributed by atoms with Crippen LogP contribution >= 0.6 is 0 Å². The summed E-state index contributed by atoms with van der Waals surface area (Å²) in [5.41, 5.74) is 0. The van der Waals surface area contributed by atoms with Gasteiger partial charge in [0, 0.05) is 6.04 Å². The van der Waals surface area contributed by atoms with Crippen LogP contribution in [-0.2, 0) is 6.54 Å². The van der Waals surface area contributed by atoms with Crippen LogP contribution in [0.5, 0.6) is 0 Å². The molecule has 2 heterocycles. The zero-order valence-corrected chi connectivity index (χ0v) is 8.99. The minimum Gasteiger partial charge on any atom is -0.461 e. The molecule has 1 N–H and O–H groups in total. The van der Waals surface area contributed by atoms with Gasteiger partial charge in [-0.1, -0.05) is 13.8 Å². The van der Waals surface area contributed by atoms with Gasteiger partial charge in [-0.3, -0.25) is 0 Å². The van der Waals surface area contributed by atoms with Crippen LogP contribution in [0.25, 0.3) is 11.5 Å². The second kappa shape index (κ2) is 4.36. The minimum atomic E-state index is 0.460. The van der Waals surface area contributed by atoms with Gasteiger partial charge >= 0.3 is 0 Å². The number of furan rings is 2. The predicted molar refractivity (Wildman–Crippen MR) is 58.4 cm³/mol. The Labute approximate surface area is 89.1 Å². The van der Waals surface area contributed by atoms with Crippen molar-refractivity contribution in [1.82, 2.24) is 5.32 Å². The summed E-state index contributed by atoms with van der Waals surface area (Å²) in [5.74, 6) is 2.47. The fraction of sp³-hybridized carbons (Fsp3) is 0.333. The Kier molecular flexibility index (Phi) is 2.92. The van der Waals surface area contributed by atoms with Gasteiger partial charge in [-0.2, -0.15) is 0 Å². The molecular formula is C12H15NO2. The summed E-state index contributed by atoms with van der Waals surface area (Å²) < 4.78 is 10.9. The number of hydrogen-bond acceptors (Lipinski definition) is 3. The van der Waals surface area contributed by atoms with Gasteiger partial charge in [0.1, 0.15) is 5.76 Å². The van der Waals surface area contributed by atoms with Crippen LogP contribution in [0.3, 0.4) is 0 Å². The Morgan fingerprint density at radius 2 is 2.07 bits per heavy atom. The van der Waals surface area contributed by atoms with E-state index in [1.165, 1.54) is 0 Å². The Morgan fingerprint density at radius 3 is 2.73 bits per heavy atom. The Morgan fingerprint density at radius 1 is 1.20 bits per heavy atom. The van der Waals surface area contributed by atoms with Crippen molar-refractivity contribution in [1.29, 1.82) is 0 Å². The van der Waals surface area contributed by atoms with Gasteiger partial charge in [0.15, 0.2) is 11.5 Å². The van der Waals surface area contributed by atoms with E-state index in [-0.39, 0.29) is 0 Å². The summed E-state index contributed by atoms with van der Waals surface area (Å²) in [6, 6.07) is 8.09. The third-order valence-electron chi connectivity index (χ3n) is 2.11. The summed E-state index contributed by atoms with van der Waals surface area (Å²) in [5, 5.41) is 3.30. The van der Waals surface area contributed by atoms with E-state index in [2.05, 4.69) is 19.2 Å². The lowest BCUT2D eigenvalue weighted by molar-refractivity contribution is 0.459. The highest BCUT2D eigenvalue weighted by Crippen LogP contribution is 2.22. The molecule has 0 spiro atoms. The van der Waals surface area contributed by atoms with E-state index in [1.807, 2.05) is 24.3 Å². The van der Waals surface area contributed by atoms with Crippen molar-refractivity contribution in [2.24, 2.45) is 0 Å². The smallest absolute Gasteiger partial charge is 0.169 e. The summed E-state index contributed by atoms with van der Waals surface area (Å²) in [4.78, 5) is 0. The van der Waals surface area contributed by atoms with Crippen molar-refractivity contribution in [3.8, 4) is 11.5 Å². The molecule has 80 valence electrons. The quantitative estimate of drug-likeness (QED) is 0.833. The molecule has 0 saturated heterocycles. The molecule has 2 aromatic rings. The normalized spacial score (nSPS) is 11.1. The highest BCUT2D eigenvalue weighted by Gasteiger charge is 2.06. The van der Waals surface area contributed by atoms with Crippen molar-refractivity contribution in [2.75, 3.05) is 0 Å². The van der Waals surface area contributed by atoms with Crippen molar-refractivity contribution >= 4 is 0 Å². The number of rotatable bonds is 4. The van der Waals surface area contributed by atoms with Crippen molar-refractivity contribution in [3.05, 3.63) is 36.3 Å². The molecule has 0 radical (unpaired) electrons. The molecule has 0 fully saturated rings. The number of nitrogens with one attached hydrogen (secondary N) is 1. The third-order valence-corrected chi connectivity index (χ3v) is 2.11. The summed E-state index contributed by atoms with van der Waals surface area (Å²) in [6.07, 6.45) is 1.64. The van der Waals surface area contributed by atoms with Gasteiger partial charge in [-0.25, -0.2) is 0 Å². The maximum atomic E-state index is 5.62. The Bertz CT molecular complexity index is 401. The van der Waals surface area contributed by atoms with Gasteiger partial charge in [0.25, 0.3) is 0 Å². The molecular weight excluding hydrogens is 190 g/mol. The van der Waals surface area contributed by atoms with E-state index >= 15 is 0 Å². The second-order valence-corrected chi connectivity index (χ2v) is 3.78. The molecule has 0 unspecified atom stereocenters. The Balaban J connectivity index is 2.04. The minimum absolute atomic E-state index is 0.460. The first-order valence-corrected chi connectivity index (χ1v) is 5.11. The lowest BCUT2D eigenvalue weighted by Gasteiger charge is -2.04. The van der Waals surface area contributed by atoms with Gasteiger partial charge < -0.3 is 14.2 Å². The average Bonchev–Trinajstić information content (AvgIpc) is 2.85. The first kappa shape index (κ1) is 10.1. The van der Waals surface area contributed by atoms with Gasteiger partial charge in [-0.05, 0) is 24.3 Å². The zero-order chi connectivity index (χ0) is 10.7. The molecule has 15 heavy (non-hydrogen) atoms. The van der Waals surface area contributed by atoms with Crippen LogP contribution in [0.2, 0.25) is 0 Å². The number of hydrogen-bond donors (Lipinski definition) is 1. The van der Waals surface area contributed by atoms with E-state index in [0.717, 1.165) is 23.8 Å². The van der Waals surface area contributed by atoms with Crippen LogP contribution in [0.4, 0.5) is 0 Å². The molecule has 0 atom stereocenters. The first-order chi connectivity index (χ1) is 7.25. The van der Waals surface area contributed by atoms with Crippen molar-refractivity contribution in [3.63, 3.8) is 0 Å². The largest absolute Gasteiger partial charge is 0.461 e. The second-order valence-electron chi connectivity index (χ2n) is 3.78. The predicted octanol–water partition coefficient (Wildman–Crippen LogP) is 3.04. The van der Waals surface area contributed by atoms with Crippen LogP contribution < -0.4 is 5.32 Å². The van der Waals surface area contributed by atoms with E-state index in [4.69, 9.17) is 8.83 Å². The highest BCUT2D eigenvalue weighted by atomic mass is 16.4. The van der Waals surface area contributed by atoms with E-state index in [0.29, 0.717) is 6.04 Å². The summed E-state index contributed by atoms with van der Waals surface area (Å²) >= 11 is 0. The van der Waals surface area contributed by atoms with Crippen LogP contribution in [0.1, 0.15) is 19.6 Å². The zero-order valence-electron chi connectivity index (χ0n) is 8.99. The van der Waals surface area contributed by atoms with Crippen LogP contribution in [-0.4, -0.2) is 6.04 Å². The molecule has 3 nitrogen and oxygen atoms in total. The fourth-order valence-electron chi connectivity index (χ4n) is 1.33. The van der Waals surface area contributed by atoms with E-state index in [9.17, 15) is 0 Å². The Hall–Kier alpha value is -1.48. The summed E-state index contributed by atoms with van der Waals surface area (Å²) in [6.45, 7) is 4.96. The lowest BCUT2D eigenvalue weighted by Crippen LogP contribution is -2.21. The molecule has 0 bridgehead atoms. The topological polar surface area (TPSA) is 38.3 Å². The maximum absolute atomic E-state index is 5.62. The van der Waals surface area contributed by atoms with Crippen LogP contribution in [0, 0.1) is 0 Å². The molecule has 0 aliphatic heterocycles. The molecule has 2 rings (SSSR count). The van der Waals surface area contributed by atoms with Crippen LogP contribution in [0.15, 0.2) is 39.4 Å². The third kappa shape index (κ3) is 2.50. The monoisotopic (exact) mass is 205 g/mol. The molecule has 0 amide bonds. The fourth-order valence-corrected chi connectivity index (χ4v) is 1.33. The molecule has 0 aliphatic carbocycles. The summed E-state index contributed by atoms with van der Waals surface area (Å²) in [7, 11) is 0. The standard InChI is InChI=1S/C12H15NO2/c1-9(2)13-8-10-5-6-12(15-10)11-4-3-7-14-11/h3-7,9,13H,8H2,1-2H3. The average molecular weight is 205 g/mol. The first-order valence-electron chi connectivity index (χ1n) is 5.11. The molecule has 2 aromatic heterocycles.